The first-order chi connectivity index (χ1) is 9.44. The van der Waals surface area contributed by atoms with E-state index in [0.29, 0.717) is 11.5 Å². The van der Waals surface area contributed by atoms with Crippen molar-refractivity contribution in [2.45, 2.75) is 0 Å². The van der Waals surface area contributed by atoms with E-state index in [-0.39, 0.29) is 11.5 Å². The van der Waals surface area contributed by atoms with Gasteiger partial charge in [0.1, 0.15) is 11.5 Å². The molecule has 1 aliphatic rings. The number of rotatable bonds is 5. The summed E-state index contributed by atoms with van der Waals surface area (Å²) in [6, 6.07) is 6.71. The van der Waals surface area contributed by atoms with Crippen LogP contribution in [0.15, 0.2) is 39.6 Å². The minimum absolute atomic E-state index is 0.208. The number of nitrogens with zero attached hydrogens (tertiary/aromatic N) is 1. The Bertz CT molecular complexity index is 704. The second kappa shape index (κ2) is 5.33. The zero-order valence-corrected chi connectivity index (χ0v) is 11.3. The highest BCUT2D eigenvalue weighted by molar-refractivity contribution is 7.94. The van der Waals surface area contributed by atoms with Crippen molar-refractivity contribution in [1.29, 1.82) is 0 Å². The van der Waals surface area contributed by atoms with E-state index >= 15 is 0 Å². The van der Waals surface area contributed by atoms with Gasteiger partial charge in [-0.25, -0.2) is 4.79 Å². The number of aliphatic carboxylic acids is 1. The molecule has 0 spiro atoms. The SMILES string of the molecule is COc1ccccc1OCC1=CC(C(=O)O)=NS1(=O)=O. The van der Waals surface area contributed by atoms with Crippen LogP contribution in [0.5, 0.6) is 11.5 Å². The first kappa shape index (κ1) is 14.1. The van der Waals surface area contributed by atoms with Crippen LogP contribution in [0.1, 0.15) is 0 Å². The smallest absolute Gasteiger partial charge is 0.355 e. The molecule has 8 heteroatoms. The van der Waals surface area contributed by atoms with Crippen LogP contribution in [0.4, 0.5) is 0 Å². The van der Waals surface area contributed by atoms with Crippen LogP contribution in [0, 0.1) is 0 Å². The fourth-order valence-corrected chi connectivity index (χ4v) is 2.52. The second-order valence-corrected chi connectivity index (χ2v) is 5.46. The van der Waals surface area contributed by atoms with E-state index < -0.39 is 21.7 Å². The molecular formula is C12H11NO6S. The topological polar surface area (TPSA) is 102 Å². The summed E-state index contributed by atoms with van der Waals surface area (Å²) in [6.07, 6.45) is 0.979. The molecule has 1 aromatic rings. The van der Waals surface area contributed by atoms with E-state index in [1.165, 1.54) is 7.11 Å². The van der Waals surface area contributed by atoms with Crippen molar-refractivity contribution in [2.75, 3.05) is 13.7 Å². The summed E-state index contributed by atoms with van der Waals surface area (Å²) < 4.78 is 36.8. The molecule has 0 radical (unpaired) electrons. The van der Waals surface area contributed by atoms with Gasteiger partial charge in [0.2, 0.25) is 0 Å². The van der Waals surface area contributed by atoms with Crippen LogP contribution >= 0.6 is 0 Å². The van der Waals surface area contributed by atoms with Gasteiger partial charge in [-0.2, -0.15) is 12.8 Å². The number of hydrogen-bond donors (Lipinski definition) is 1. The maximum Gasteiger partial charge on any atom is 0.355 e. The van der Waals surface area contributed by atoms with Gasteiger partial charge in [0.05, 0.1) is 7.11 Å². The maximum atomic E-state index is 11.6. The average Bonchev–Trinajstić information content (AvgIpc) is 2.72. The fourth-order valence-electron chi connectivity index (χ4n) is 1.55. The summed E-state index contributed by atoms with van der Waals surface area (Å²) >= 11 is 0. The number of carboxylic acid groups (broad SMARTS) is 1. The Balaban J connectivity index is 2.16. The summed E-state index contributed by atoms with van der Waals surface area (Å²) in [5.74, 6) is -0.599. The number of hydrogen-bond acceptors (Lipinski definition) is 5. The largest absolute Gasteiger partial charge is 0.493 e. The number of methoxy groups -OCH3 is 1. The van der Waals surface area contributed by atoms with Gasteiger partial charge in [-0.05, 0) is 18.2 Å². The number of para-hydroxylation sites is 2. The molecule has 1 aliphatic heterocycles. The van der Waals surface area contributed by atoms with Crippen molar-refractivity contribution in [2.24, 2.45) is 4.40 Å². The number of carbonyl (C=O) groups is 1. The highest BCUT2D eigenvalue weighted by atomic mass is 32.2. The van der Waals surface area contributed by atoms with Gasteiger partial charge in [-0.3, -0.25) is 0 Å². The van der Waals surface area contributed by atoms with Gasteiger partial charge in [0.15, 0.2) is 17.2 Å². The van der Waals surface area contributed by atoms with Crippen LogP contribution in [0.2, 0.25) is 0 Å². The lowest BCUT2D eigenvalue weighted by Crippen LogP contribution is -2.08. The van der Waals surface area contributed by atoms with E-state index in [9.17, 15) is 13.2 Å². The third-order valence-electron chi connectivity index (χ3n) is 2.51. The van der Waals surface area contributed by atoms with Gasteiger partial charge >= 0.3 is 5.97 Å². The molecule has 7 nitrogen and oxygen atoms in total. The van der Waals surface area contributed by atoms with Crippen LogP contribution in [-0.2, 0) is 14.8 Å². The van der Waals surface area contributed by atoms with Gasteiger partial charge in [0, 0.05) is 0 Å². The molecule has 106 valence electrons. The molecule has 2 rings (SSSR count). The molecule has 0 bridgehead atoms. The Kier molecular flexibility index (Phi) is 3.75. The zero-order valence-electron chi connectivity index (χ0n) is 10.4. The quantitative estimate of drug-likeness (QED) is 0.863. The summed E-state index contributed by atoms with van der Waals surface area (Å²) in [6.45, 7) is -0.316. The van der Waals surface area contributed by atoms with Crippen molar-refractivity contribution >= 4 is 21.7 Å². The highest BCUT2D eigenvalue weighted by Crippen LogP contribution is 2.27. The lowest BCUT2D eigenvalue weighted by atomic mass is 10.3. The van der Waals surface area contributed by atoms with E-state index in [1.807, 2.05) is 0 Å². The molecule has 0 atom stereocenters. The summed E-state index contributed by atoms with van der Waals surface area (Å²) in [5.41, 5.74) is -0.524. The summed E-state index contributed by atoms with van der Waals surface area (Å²) in [7, 11) is -2.51. The molecular weight excluding hydrogens is 286 g/mol. The number of sulfonamides is 1. The molecule has 1 N–H and O–H groups in total. The van der Waals surface area contributed by atoms with Gasteiger partial charge in [0.25, 0.3) is 10.0 Å². The standard InChI is InChI=1S/C12H11NO6S/c1-18-10-4-2-3-5-11(10)19-7-8-6-9(12(14)15)13-20(8,16)17/h2-6H,7H2,1H3,(H,14,15). The minimum atomic E-state index is -3.97. The third-order valence-corrected chi connectivity index (χ3v) is 3.84. The third kappa shape index (κ3) is 2.80. The van der Waals surface area contributed by atoms with Crippen LogP contribution in [0.25, 0.3) is 0 Å². The molecule has 1 heterocycles. The predicted octanol–water partition coefficient (Wildman–Crippen LogP) is 0.827. The van der Waals surface area contributed by atoms with Crippen molar-refractivity contribution in [3.63, 3.8) is 0 Å². The molecule has 0 saturated carbocycles. The Morgan fingerprint density at radius 1 is 1.30 bits per heavy atom. The second-order valence-electron chi connectivity index (χ2n) is 3.81. The minimum Gasteiger partial charge on any atom is -0.493 e. The van der Waals surface area contributed by atoms with Crippen LogP contribution < -0.4 is 9.47 Å². The highest BCUT2D eigenvalue weighted by Gasteiger charge is 2.28. The van der Waals surface area contributed by atoms with Crippen molar-refractivity contribution in [3.8, 4) is 11.5 Å². The number of ether oxygens (including phenoxy) is 2. The normalized spacial score (nSPS) is 16.2. The Labute approximate surface area is 115 Å². The van der Waals surface area contributed by atoms with Crippen molar-refractivity contribution in [3.05, 3.63) is 35.2 Å². The fraction of sp³-hybridized carbons (Fsp3) is 0.167. The first-order valence-corrected chi connectivity index (χ1v) is 6.92. The molecule has 0 amide bonds. The lowest BCUT2D eigenvalue weighted by molar-refractivity contribution is -0.129. The Morgan fingerprint density at radius 3 is 2.50 bits per heavy atom. The maximum absolute atomic E-state index is 11.6. The van der Waals surface area contributed by atoms with Crippen LogP contribution in [0.3, 0.4) is 0 Å². The van der Waals surface area contributed by atoms with E-state index in [2.05, 4.69) is 4.40 Å². The van der Waals surface area contributed by atoms with E-state index in [0.717, 1.165) is 6.08 Å². The zero-order chi connectivity index (χ0) is 14.8. The number of carboxylic acids is 1. The van der Waals surface area contributed by atoms with Gasteiger partial charge in [-0.15, -0.1) is 0 Å². The molecule has 0 aliphatic carbocycles. The molecule has 1 aromatic carbocycles. The van der Waals surface area contributed by atoms with E-state index in [1.54, 1.807) is 24.3 Å². The van der Waals surface area contributed by atoms with E-state index in [4.69, 9.17) is 14.6 Å². The first-order valence-electron chi connectivity index (χ1n) is 5.48. The average molecular weight is 297 g/mol. The Hall–Kier alpha value is -2.35. The molecule has 20 heavy (non-hydrogen) atoms. The van der Waals surface area contributed by atoms with Gasteiger partial charge in [-0.1, -0.05) is 12.1 Å². The van der Waals surface area contributed by atoms with Gasteiger partial charge < -0.3 is 14.6 Å². The lowest BCUT2D eigenvalue weighted by Gasteiger charge is -2.09. The van der Waals surface area contributed by atoms with Crippen molar-refractivity contribution in [1.82, 2.24) is 0 Å². The summed E-state index contributed by atoms with van der Waals surface area (Å²) in [4.78, 5) is 10.5. The molecule has 0 unspecified atom stereocenters. The monoisotopic (exact) mass is 297 g/mol. The molecule has 0 aromatic heterocycles. The summed E-state index contributed by atoms with van der Waals surface area (Å²) in [5, 5.41) is 8.73. The van der Waals surface area contributed by atoms with Crippen LogP contribution in [-0.4, -0.2) is 38.9 Å². The molecule has 0 saturated heterocycles. The number of benzene rings is 1. The Morgan fingerprint density at radius 2 is 1.95 bits per heavy atom. The van der Waals surface area contributed by atoms with Crippen molar-refractivity contribution < 1.29 is 27.8 Å². The molecule has 0 fully saturated rings. The predicted molar refractivity (Wildman–Crippen MR) is 70.6 cm³/mol.